The van der Waals surface area contributed by atoms with Crippen molar-refractivity contribution >= 4 is 67.4 Å². The number of hydrogen-bond acceptors (Lipinski definition) is 4. The SMILES string of the molecule is O=C(Cl)C12C3C4C1(C(=O)Cl)C1C2C3(C(=O)Cl)C41C(=O)Cl. The highest BCUT2D eigenvalue weighted by molar-refractivity contribution is 6.73. The van der Waals surface area contributed by atoms with Crippen molar-refractivity contribution in [2.45, 2.75) is 0 Å². The van der Waals surface area contributed by atoms with Gasteiger partial charge in [0.15, 0.2) is 0 Å². The van der Waals surface area contributed by atoms with Crippen LogP contribution in [0.1, 0.15) is 0 Å². The topological polar surface area (TPSA) is 68.3 Å². The zero-order valence-corrected chi connectivity index (χ0v) is 12.5. The molecule has 0 amide bonds. The third kappa shape index (κ3) is 0.529. The fourth-order valence-electron chi connectivity index (χ4n) is 7.42. The second-order valence-corrected chi connectivity index (χ2v) is 7.85. The molecule has 6 rings (SSSR count). The van der Waals surface area contributed by atoms with E-state index >= 15 is 0 Å². The fourth-order valence-corrected chi connectivity index (χ4v) is 8.99. The van der Waals surface area contributed by atoms with E-state index in [1.54, 1.807) is 0 Å². The van der Waals surface area contributed by atoms with Crippen LogP contribution in [0.25, 0.3) is 0 Å². The van der Waals surface area contributed by atoms with Crippen molar-refractivity contribution in [2.24, 2.45) is 45.3 Å². The Bertz CT molecular complexity index is 576. The summed E-state index contributed by atoms with van der Waals surface area (Å²) in [4.78, 5) is 47.4. The summed E-state index contributed by atoms with van der Waals surface area (Å²) in [6.07, 6.45) is 0. The monoisotopic (exact) mass is 352 g/mol. The maximum absolute atomic E-state index is 11.9. The summed E-state index contributed by atoms with van der Waals surface area (Å²) >= 11 is 22.8. The minimum absolute atomic E-state index is 0.453. The molecule has 104 valence electrons. The predicted octanol–water partition coefficient (Wildman–Crippen LogP) is 1.53. The number of halogens is 4. The quantitative estimate of drug-likeness (QED) is 0.719. The van der Waals surface area contributed by atoms with Crippen molar-refractivity contribution in [1.82, 2.24) is 0 Å². The van der Waals surface area contributed by atoms with E-state index in [1.807, 2.05) is 0 Å². The smallest absolute Gasteiger partial charge is 0.229 e. The predicted molar refractivity (Wildman–Crippen MR) is 67.1 cm³/mol. The van der Waals surface area contributed by atoms with Crippen LogP contribution < -0.4 is 0 Å². The molecular formula is C12H4Cl4O4. The van der Waals surface area contributed by atoms with Crippen molar-refractivity contribution in [3.63, 3.8) is 0 Å². The molecule has 0 N–H and O–H groups in total. The van der Waals surface area contributed by atoms with Gasteiger partial charge in [-0.25, -0.2) is 0 Å². The molecule has 0 spiro atoms. The number of carbonyl (C=O) groups is 4. The van der Waals surface area contributed by atoms with Crippen molar-refractivity contribution < 1.29 is 19.2 Å². The summed E-state index contributed by atoms with van der Waals surface area (Å²) in [6, 6.07) is 0. The van der Waals surface area contributed by atoms with Crippen molar-refractivity contribution in [3.8, 4) is 0 Å². The Balaban J connectivity index is 1.76. The van der Waals surface area contributed by atoms with E-state index in [0.29, 0.717) is 0 Å². The molecule has 0 heterocycles. The van der Waals surface area contributed by atoms with Crippen molar-refractivity contribution in [3.05, 3.63) is 0 Å². The molecule has 0 atom stereocenters. The van der Waals surface area contributed by atoms with Gasteiger partial charge in [0.2, 0.25) is 21.0 Å². The lowest BCUT2D eigenvalue weighted by atomic mass is 8.84. The van der Waals surface area contributed by atoms with Crippen molar-refractivity contribution in [2.75, 3.05) is 0 Å². The highest BCUT2D eigenvalue weighted by atomic mass is 35.5. The summed E-state index contributed by atoms with van der Waals surface area (Å²) in [5.41, 5.74) is -4.33. The Labute approximate surface area is 132 Å². The summed E-state index contributed by atoms with van der Waals surface area (Å²) in [5, 5.41) is -2.62. The highest BCUT2D eigenvalue weighted by Crippen LogP contribution is 3.19. The molecule has 4 nitrogen and oxygen atoms in total. The van der Waals surface area contributed by atoms with Crippen LogP contribution in [-0.4, -0.2) is 21.0 Å². The molecule has 6 saturated carbocycles. The molecule has 0 bridgehead atoms. The first kappa shape index (κ1) is 12.4. The first-order valence-electron chi connectivity index (χ1n) is 6.05. The summed E-state index contributed by atoms with van der Waals surface area (Å²) in [7, 11) is 0. The van der Waals surface area contributed by atoms with E-state index in [0.717, 1.165) is 0 Å². The van der Waals surface area contributed by atoms with Gasteiger partial charge >= 0.3 is 0 Å². The van der Waals surface area contributed by atoms with E-state index in [-0.39, 0.29) is 0 Å². The molecular weight excluding hydrogens is 350 g/mol. The normalized spacial score (nSPS) is 64.6. The molecule has 0 aromatic carbocycles. The Morgan fingerprint density at radius 2 is 0.650 bits per heavy atom. The molecule has 8 heteroatoms. The summed E-state index contributed by atoms with van der Waals surface area (Å²) in [5.74, 6) is -1.81. The van der Waals surface area contributed by atoms with Gasteiger partial charge in [0.1, 0.15) is 0 Å². The highest BCUT2D eigenvalue weighted by Gasteiger charge is 3.25. The zero-order valence-electron chi connectivity index (χ0n) is 9.45. The lowest BCUT2D eigenvalue weighted by Crippen LogP contribution is -3.21. The largest absolute Gasteiger partial charge is 0.281 e. The fraction of sp³-hybridized carbons (Fsp3) is 0.667. The van der Waals surface area contributed by atoms with Crippen LogP contribution >= 0.6 is 46.4 Å². The lowest BCUT2D eigenvalue weighted by molar-refractivity contribution is -0.672. The molecule has 0 saturated heterocycles. The second-order valence-electron chi connectivity index (χ2n) is 6.48. The third-order valence-electron chi connectivity index (χ3n) is 7.26. The Kier molecular flexibility index (Phi) is 1.62. The van der Waals surface area contributed by atoms with Crippen LogP contribution in [0.2, 0.25) is 0 Å². The van der Waals surface area contributed by atoms with Gasteiger partial charge in [-0.1, -0.05) is 0 Å². The average molecular weight is 354 g/mol. The van der Waals surface area contributed by atoms with Crippen molar-refractivity contribution in [1.29, 1.82) is 0 Å². The van der Waals surface area contributed by atoms with Gasteiger partial charge in [0, 0.05) is 0 Å². The van der Waals surface area contributed by atoms with Gasteiger partial charge in [0.25, 0.3) is 0 Å². The Morgan fingerprint density at radius 1 is 0.500 bits per heavy atom. The van der Waals surface area contributed by atoms with Crippen LogP contribution in [0, 0.1) is 45.3 Å². The molecule has 0 unspecified atom stereocenters. The molecule has 20 heavy (non-hydrogen) atoms. The molecule has 0 radical (unpaired) electrons. The number of hydrogen-bond donors (Lipinski definition) is 0. The molecule has 0 aromatic rings. The Hall–Kier alpha value is -0.160. The number of carbonyl (C=O) groups excluding carboxylic acids is 4. The van der Waals surface area contributed by atoms with Crippen LogP contribution in [0.5, 0.6) is 0 Å². The molecule has 6 aliphatic rings. The van der Waals surface area contributed by atoms with Crippen LogP contribution in [0.15, 0.2) is 0 Å². The molecule has 0 aromatic heterocycles. The van der Waals surface area contributed by atoms with Crippen LogP contribution in [-0.2, 0) is 19.2 Å². The first-order chi connectivity index (χ1) is 9.25. The number of rotatable bonds is 4. The molecule has 6 fully saturated rings. The van der Waals surface area contributed by atoms with Gasteiger partial charge < -0.3 is 0 Å². The lowest BCUT2D eigenvalue weighted by Gasteiger charge is -3.15. The van der Waals surface area contributed by atoms with E-state index in [2.05, 4.69) is 0 Å². The second kappa shape index (κ2) is 2.62. The maximum atomic E-state index is 11.9. The molecule has 6 aliphatic carbocycles. The maximum Gasteiger partial charge on any atom is 0.229 e. The summed E-state index contributed by atoms with van der Waals surface area (Å²) < 4.78 is 0. The average Bonchev–Trinajstić information content (AvgIpc) is 2.35. The Morgan fingerprint density at radius 3 is 0.750 bits per heavy atom. The summed E-state index contributed by atoms with van der Waals surface area (Å²) in [6.45, 7) is 0. The van der Waals surface area contributed by atoms with Gasteiger partial charge in [-0.3, -0.25) is 19.2 Å². The van der Waals surface area contributed by atoms with Crippen LogP contribution in [0.4, 0.5) is 0 Å². The standard InChI is InChI=1S/C12H4Cl4O4/c13-5(17)9-1-2-11(9,7(15)19)4-3(9)10(1,6(14)18)12(2,4)8(16)20/h1-4H. The van der Waals surface area contributed by atoms with E-state index in [4.69, 9.17) is 46.4 Å². The third-order valence-corrected chi connectivity index (χ3v) is 8.51. The van der Waals surface area contributed by atoms with Gasteiger partial charge in [-0.2, -0.15) is 0 Å². The van der Waals surface area contributed by atoms with E-state index in [1.165, 1.54) is 0 Å². The van der Waals surface area contributed by atoms with E-state index < -0.39 is 66.3 Å². The first-order valence-corrected chi connectivity index (χ1v) is 7.56. The minimum atomic E-state index is -1.08. The molecule has 0 aliphatic heterocycles. The minimum Gasteiger partial charge on any atom is -0.281 e. The van der Waals surface area contributed by atoms with Crippen LogP contribution in [0.3, 0.4) is 0 Å². The van der Waals surface area contributed by atoms with Gasteiger partial charge in [0.05, 0.1) is 21.7 Å². The van der Waals surface area contributed by atoms with E-state index in [9.17, 15) is 19.2 Å². The van der Waals surface area contributed by atoms with Gasteiger partial charge in [-0.15, -0.1) is 0 Å². The van der Waals surface area contributed by atoms with Gasteiger partial charge in [-0.05, 0) is 70.1 Å². The zero-order chi connectivity index (χ0) is 14.6.